The van der Waals surface area contributed by atoms with E-state index in [1.807, 2.05) is 36.5 Å². The molecule has 0 amide bonds. The van der Waals surface area contributed by atoms with Gasteiger partial charge in [0.05, 0.1) is 32.4 Å². The smallest absolute Gasteiger partial charge is 0.245 e. The molecule has 1 fully saturated rings. The van der Waals surface area contributed by atoms with E-state index in [0.29, 0.717) is 19.8 Å². The van der Waals surface area contributed by atoms with Gasteiger partial charge in [0, 0.05) is 47.5 Å². The molecule has 0 saturated carbocycles. The van der Waals surface area contributed by atoms with Gasteiger partial charge in [-0.1, -0.05) is 0 Å². The average Bonchev–Trinajstić information content (AvgIpc) is 3.35. The zero-order valence-electron chi connectivity index (χ0n) is 16.2. The Bertz CT molecular complexity index is 1150. The van der Waals surface area contributed by atoms with Crippen molar-refractivity contribution in [2.45, 2.75) is 0 Å². The lowest BCUT2D eigenvalue weighted by Crippen LogP contribution is -2.40. The quantitative estimate of drug-likeness (QED) is 0.580. The van der Waals surface area contributed by atoms with E-state index in [4.69, 9.17) is 9.47 Å². The molecule has 29 heavy (non-hydrogen) atoms. The molecule has 0 bridgehead atoms. The van der Waals surface area contributed by atoms with Crippen LogP contribution in [0.2, 0.25) is 0 Å². The largest absolute Gasteiger partial charge is 0.497 e. The van der Waals surface area contributed by atoms with Gasteiger partial charge in [-0.3, -0.25) is 14.3 Å². The van der Waals surface area contributed by atoms with Crippen molar-refractivity contribution in [3.8, 4) is 17.0 Å². The van der Waals surface area contributed by atoms with Gasteiger partial charge < -0.3 is 14.5 Å². The summed E-state index contributed by atoms with van der Waals surface area (Å²) in [6.07, 6.45) is 3.68. The Hall–Kier alpha value is -3.16. The van der Waals surface area contributed by atoms with Gasteiger partial charge in [0.15, 0.2) is 0 Å². The summed E-state index contributed by atoms with van der Waals surface area (Å²) in [5.41, 5.74) is 3.57. The molecule has 1 aromatic carbocycles. The number of carbonyl (C=O) groups excluding carboxylic acids is 1. The molecule has 148 valence electrons. The van der Waals surface area contributed by atoms with Crippen LogP contribution in [-0.2, 0) is 4.74 Å². The van der Waals surface area contributed by atoms with E-state index in [1.54, 1.807) is 17.9 Å². The van der Waals surface area contributed by atoms with Crippen molar-refractivity contribution in [2.24, 2.45) is 0 Å². The number of rotatable bonds is 4. The second-order valence-electron chi connectivity index (χ2n) is 7.20. The summed E-state index contributed by atoms with van der Waals surface area (Å²) in [5.74, 6) is 0.800. The maximum atomic E-state index is 13.1. The minimum absolute atomic E-state index is 0.0440. The zero-order valence-corrected chi connectivity index (χ0v) is 16.2. The highest BCUT2D eigenvalue weighted by Crippen LogP contribution is 2.34. The summed E-state index contributed by atoms with van der Waals surface area (Å²) in [6, 6.07) is 11.8. The summed E-state index contributed by atoms with van der Waals surface area (Å²) < 4.78 is 12.6. The van der Waals surface area contributed by atoms with Crippen molar-refractivity contribution >= 4 is 27.8 Å². The Morgan fingerprint density at radius 1 is 1.24 bits per heavy atom. The van der Waals surface area contributed by atoms with Gasteiger partial charge in [0.1, 0.15) is 11.4 Å². The Kier molecular flexibility index (Phi) is 4.54. The van der Waals surface area contributed by atoms with Crippen LogP contribution in [0.5, 0.6) is 5.75 Å². The molecule has 7 nitrogen and oxygen atoms in total. The van der Waals surface area contributed by atoms with Crippen LogP contribution in [0, 0.1) is 0 Å². The summed E-state index contributed by atoms with van der Waals surface area (Å²) in [5, 5.41) is 2.00. The number of aromatic nitrogens is 3. The van der Waals surface area contributed by atoms with Crippen LogP contribution in [0.3, 0.4) is 0 Å². The molecule has 0 radical (unpaired) electrons. The normalized spacial score (nSPS) is 15.2. The van der Waals surface area contributed by atoms with Crippen LogP contribution in [0.25, 0.3) is 33.2 Å². The molecule has 4 heterocycles. The molecule has 1 aliphatic heterocycles. The van der Waals surface area contributed by atoms with Gasteiger partial charge in [-0.05, 0) is 36.4 Å². The number of morpholine rings is 1. The minimum Gasteiger partial charge on any atom is -0.497 e. The third kappa shape index (κ3) is 3.28. The molecule has 0 unspecified atom stereocenters. The third-order valence-electron chi connectivity index (χ3n) is 5.42. The Balaban J connectivity index is 1.60. The van der Waals surface area contributed by atoms with E-state index in [1.165, 1.54) is 0 Å². The lowest BCUT2D eigenvalue weighted by molar-refractivity contribution is 0.0350. The number of fused-ring (bicyclic) bond motifs is 2. The second-order valence-corrected chi connectivity index (χ2v) is 7.20. The van der Waals surface area contributed by atoms with E-state index in [2.05, 4.69) is 20.9 Å². The van der Waals surface area contributed by atoms with Crippen molar-refractivity contribution in [1.29, 1.82) is 0 Å². The number of nitrogens with one attached hydrogen (secondary N) is 1. The maximum Gasteiger partial charge on any atom is 0.245 e. The van der Waals surface area contributed by atoms with Gasteiger partial charge >= 0.3 is 0 Å². The number of ether oxygens (including phenoxy) is 2. The molecule has 1 aliphatic rings. The number of nitrogens with zero attached hydrogens (tertiary/aromatic N) is 3. The average molecular weight is 390 g/mol. The lowest BCUT2D eigenvalue weighted by atomic mass is 10.1. The van der Waals surface area contributed by atoms with Gasteiger partial charge in [-0.15, -0.1) is 0 Å². The Morgan fingerprint density at radius 2 is 2.10 bits per heavy atom. The predicted molar refractivity (Wildman–Crippen MR) is 111 cm³/mol. The van der Waals surface area contributed by atoms with E-state index in [0.717, 1.165) is 52.0 Å². The number of benzene rings is 1. The Labute approximate surface area is 167 Å². The molecule has 3 aromatic heterocycles. The van der Waals surface area contributed by atoms with Gasteiger partial charge in [0.25, 0.3) is 0 Å². The van der Waals surface area contributed by atoms with Crippen LogP contribution >= 0.6 is 0 Å². The first kappa shape index (κ1) is 17.9. The highest BCUT2D eigenvalue weighted by molar-refractivity contribution is 6.03. The topological polar surface area (TPSA) is 72.4 Å². The van der Waals surface area contributed by atoms with Crippen molar-refractivity contribution in [1.82, 2.24) is 19.4 Å². The predicted octanol–water partition coefficient (Wildman–Crippen LogP) is 3.17. The van der Waals surface area contributed by atoms with Crippen LogP contribution in [0.1, 0.15) is 4.79 Å². The van der Waals surface area contributed by atoms with E-state index in [-0.39, 0.29) is 5.91 Å². The number of aromatic amines is 1. The number of pyridine rings is 1. The molecule has 0 aliphatic carbocycles. The van der Waals surface area contributed by atoms with Gasteiger partial charge in [-0.25, -0.2) is 4.98 Å². The summed E-state index contributed by atoms with van der Waals surface area (Å²) in [7, 11) is 1.65. The summed E-state index contributed by atoms with van der Waals surface area (Å²) >= 11 is 0. The number of H-pyrrole nitrogens is 1. The molecular formula is C22H22N4O3. The molecule has 1 saturated heterocycles. The van der Waals surface area contributed by atoms with E-state index in [9.17, 15) is 4.79 Å². The SMILES string of the molecule is COc1ccc2c(c1)c(-c1cc3cccnc3[nH]1)cn2C(=O)CN1CCOCC1. The van der Waals surface area contributed by atoms with Gasteiger partial charge in [0.2, 0.25) is 5.91 Å². The van der Waals surface area contributed by atoms with Crippen molar-refractivity contribution in [2.75, 3.05) is 40.0 Å². The number of hydrogen-bond donors (Lipinski definition) is 1. The molecule has 1 N–H and O–H groups in total. The summed E-state index contributed by atoms with van der Waals surface area (Å²) in [6.45, 7) is 3.26. The molecule has 0 atom stereocenters. The first-order valence-corrected chi connectivity index (χ1v) is 9.69. The van der Waals surface area contributed by atoms with E-state index < -0.39 is 0 Å². The van der Waals surface area contributed by atoms with Crippen LogP contribution in [0.15, 0.2) is 48.8 Å². The van der Waals surface area contributed by atoms with E-state index >= 15 is 0 Å². The highest BCUT2D eigenvalue weighted by atomic mass is 16.5. The fraction of sp³-hybridized carbons (Fsp3) is 0.273. The Morgan fingerprint density at radius 3 is 2.90 bits per heavy atom. The fourth-order valence-corrected chi connectivity index (χ4v) is 3.89. The van der Waals surface area contributed by atoms with Crippen molar-refractivity contribution in [3.63, 3.8) is 0 Å². The van der Waals surface area contributed by atoms with Crippen LogP contribution in [0.4, 0.5) is 0 Å². The monoisotopic (exact) mass is 390 g/mol. The molecule has 5 rings (SSSR count). The van der Waals surface area contributed by atoms with Crippen LogP contribution in [-0.4, -0.2) is 65.3 Å². The van der Waals surface area contributed by atoms with Crippen LogP contribution < -0.4 is 4.74 Å². The standard InChI is InChI=1S/C22H22N4O3/c1-28-16-4-5-20-17(12-16)18(19-11-15-3-2-6-23-22(15)24-19)13-26(20)21(27)14-25-7-9-29-10-8-25/h2-6,11-13H,7-10,14H2,1H3,(H,23,24). The number of methoxy groups -OCH3 is 1. The first-order valence-electron chi connectivity index (χ1n) is 9.69. The zero-order chi connectivity index (χ0) is 19.8. The highest BCUT2D eigenvalue weighted by Gasteiger charge is 2.20. The lowest BCUT2D eigenvalue weighted by Gasteiger charge is -2.25. The minimum atomic E-state index is 0.0440. The van der Waals surface area contributed by atoms with Gasteiger partial charge in [-0.2, -0.15) is 0 Å². The van der Waals surface area contributed by atoms with Crippen molar-refractivity contribution < 1.29 is 14.3 Å². The number of carbonyl (C=O) groups is 1. The summed E-state index contributed by atoms with van der Waals surface area (Å²) in [4.78, 5) is 23.0. The number of hydrogen-bond acceptors (Lipinski definition) is 5. The molecule has 0 spiro atoms. The fourth-order valence-electron chi connectivity index (χ4n) is 3.89. The molecule has 4 aromatic rings. The molecule has 7 heteroatoms. The first-order chi connectivity index (χ1) is 14.2. The van der Waals surface area contributed by atoms with Crippen molar-refractivity contribution in [3.05, 3.63) is 48.8 Å². The maximum absolute atomic E-state index is 13.1. The third-order valence-corrected chi connectivity index (χ3v) is 5.42. The second kappa shape index (κ2) is 7.35. The molecular weight excluding hydrogens is 368 g/mol.